The number of carboxylic acids is 1. The first-order valence-electron chi connectivity index (χ1n) is 7.87. The summed E-state index contributed by atoms with van der Waals surface area (Å²) >= 11 is 0. The maximum absolute atomic E-state index is 11.3. The second-order valence-corrected chi connectivity index (χ2v) is 5.82. The van der Waals surface area contributed by atoms with Gasteiger partial charge in [-0.1, -0.05) is 19.8 Å². The molecule has 2 atom stereocenters. The Kier molecular flexibility index (Phi) is 5.66. The molecule has 22 heavy (non-hydrogen) atoms. The summed E-state index contributed by atoms with van der Waals surface area (Å²) in [6, 6.07) is 3.39. The van der Waals surface area contributed by atoms with Gasteiger partial charge in [0.25, 0.3) is 0 Å². The number of carbonyl (C=O) groups is 1. The molecule has 0 aliphatic carbocycles. The average molecular weight is 307 g/mol. The SMILES string of the molecule is CCCCC(NCc1cc(OC)cc2c1OC(C)C2)C(=O)O. The molecule has 2 rings (SSSR count). The second kappa shape index (κ2) is 7.49. The standard InChI is InChI=1S/C17H25NO4/c1-4-5-6-15(17(19)20)18-10-13-9-14(21-3)8-12-7-11(2)22-16(12)13/h8-9,11,15,18H,4-7,10H2,1-3H3,(H,19,20). The topological polar surface area (TPSA) is 67.8 Å². The van der Waals surface area contributed by atoms with Crippen molar-refractivity contribution in [1.82, 2.24) is 5.32 Å². The van der Waals surface area contributed by atoms with Gasteiger partial charge in [-0.15, -0.1) is 0 Å². The highest BCUT2D eigenvalue weighted by Gasteiger charge is 2.24. The van der Waals surface area contributed by atoms with Crippen LogP contribution in [0.4, 0.5) is 0 Å². The third-order valence-corrected chi connectivity index (χ3v) is 3.96. The summed E-state index contributed by atoms with van der Waals surface area (Å²) in [5.74, 6) is 0.858. The van der Waals surface area contributed by atoms with Crippen molar-refractivity contribution < 1.29 is 19.4 Å². The van der Waals surface area contributed by atoms with Gasteiger partial charge in [-0.25, -0.2) is 0 Å². The first-order chi connectivity index (χ1) is 10.5. The summed E-state index contributed by atoms with van der Waals surface area (Å²) in [4.78, 5) is 11.3. The van der Waals surface area contributed by atoms with Crippen LogP contribution in [0.1, 0.15) is 44.2 Å². The van der Waals surface area contributed by atoms with Crippen molar-refractivity contribution in [3.8, 4) is 11.5 Å². The predicted molar refractivity (Wildman–Crippen MR) is 84.6 cm³/mol. The molecule has 0 spiro atoms. The van der Waals surface area contributed by atoms with Crippen LogP contribution in [0.25, 0.3) is 0 Å². The first-order valence-corrected chi connectivity index (χ1v) is 7.87. The molecule has 5 nitrogen and oxygen atoms in total. The van der Waals surface area contributed by atoms with E-state index in [9.17, 15) is 9.90 Å². The third kappa shape index (κ3) is 3.91. The average Bonchev–Trinajstić information content (AvgIpc) is 2.86. The number of ether oxygens (including phenoxy) is 2. The smallest absolute Gasteiger partial charge is 0.320 e. The van der Waals surface area contributed by atoms with Crippen LogP contribution in [0, 0.1) is 0 Å². The van der Waals surface area contributed by atoms with Crippen LogP contribution in [0.2, 0.25) is 0 Å². The van der Waals surface area contributed by atoms with Gasteiger partial charge in [-0.2, -0.15) is 0 Å². The Hall–Kier alpha value is -1.75. The highest BCUT2D eigenvalue weighted by atomic mass is 16.5. The summed E-state index contributed by atoms with van der Waals surface area (Å²) in [6.07, 6.45) is 3.53. The van der Waals surface area contributed by atoms with Gasteiger partial charge < -0.3 is 19.9 Å². The van der Waals surface area contributed by atoms with Gasteiger partial charge in [0, 0.05) is 24.1 Å². The van der Waals surface area contributed by atoms with Crippen molar-refractivity contribution in [3.05, 3.63) is 23.3 Å². The summed E-state index contributed by atoms with van der Waals surface area (Å²) in [5, 5.41) is 12.4. The van der Waals surface area contributed by atoms with E-state index in [-0.39, 0.29) is 6.10 Å². The minimum atomic E-state index is -0.803. The molecule has 122 valence electrons. The normalized spacial score (nSPS) is 17.7. The van der Waals surface area contributed by atoms with Gasteiger partial charge in [0.1, 0.15) is 23.6 Å². The molecule has 2 unspecified atom stereocenters. The molecule has 1 heterocycles. The zero-order chi connectivity index (χ0) is 16.1. The number of hydrogen-bond acceptors (Lipinski definition) is 4. The van der Waals surface area contributed by atoms with E-state index in [1.54, 1.807) is 7.11 Å². The number of nitrogens with one attached hydrogen (secondary N) is 1. The molecule has 5 heteroatoms. The van der Waals surface area contributed by atoms with E-state index in [0.717, 1.165) is 41.9 Å². The summed E-state index contributed by atoms with van der Waals surface area (Å²) in [5.41, 5.74) is 2.09. The number of carboxylic acid groups (broad SMARTS) is 1. The van der Waals surface area contributed by atoms with E-state index in [1.165, 1.54) is 0 Å². The van der Waals surface area contributed by atoms with Crippen molar-refractivity contribution in [3.63, 3.8) is 0 Å². The molecule has 2 N–H and O–H groups in total. The third-order valence-electron chi connectivity index (χ3n) is 3.96. The van der Waals surface area contributed by atoms with Crippen molar-refractivity contribution in [1.29, 1.82) is 0 Å². The lowest BCUT2D eigenvalue weighted by Crippen LogP contribution is -2.36. The Morgan fingerprint density at radius 2 is 2.32 bits per heavy atom. The van der Waals surface area contributed by atoms with Gasteiger partial charge in [-0.05, 0) is 25.5 Å². The molecule has 0 aromatic heterocycles. The molecule has 0 radical (unpaired) electrons. The molecule has 0 amide bonds. The molecular weight excluding hydrogens is 282 g/mol. The monoisotopic (exact) mass is 307 g/mol. The first kappa shape index (κ1) is 16.6. The summed E-state index contributed by atoms with van der Waals surface area (Å²) in [6.45, 7) is 4.56. The van der Waals surface area contributed by atoms with Crippen molar-refractivity contribution in [2.24, 2.45) is 0 Å². The molecular formula is C17H25NO4. The molecule has 1 aliphatic rings. The number of fused-ring (bicyclic) bond motifs is 1. The predicted octanol–water partition coefficient (Wildman–Crippen LogP) is 2.75. The lowest BCUT2D eigenvalue weighted by Gasteiger charge is -2.16. The van der Waals surface area contributed by atoms with Crippen LogP contribution < -0.4 is 14.8 Å². The van der Waals surface area contributed by atoms with Crippen molar-refractivity contribution in [2.75, 3.05) is 7.11 Å². The van der Waals surface area contributed by atoms with Crippen LogP contribution in [-0.4, -0.2) is 30.3 Å². The number of unbranched alkanes of at least 4 members (excludes halogenated alkanes) is 1. The maximum Gasteiger partial charge on any atom is 0.320 e. The van der Waals surface area contributed by atoms with E-state index >= 15 is 0 Å². The van der Waals surface area contributed by atoms with Gasteiger partial charge in [0.05, 0.1) is 7.11 Å². The largest absolute Gasteiger partial charge is 0.497 e. The Labute approximate surface area is 131 Å². The van der Waals surface area contributed by atoms with E-state index < -0.39 is 12.0 Å². The number of aliphatic carboxylic acids is 1. The summed E-state index contributed by atoms with van der Waals surface area (Å²) < 4.78 is 11.2. The van der Waals surface area contributed by atoms with Crippen LogP contribution in [0.3, 0.4) is 0 Å². The van der Waals surface area contributed by atoms with E-state index in [0.29, 0.717) is 13.0 Å². The Bertz CT molecular complexity index is 530. The Balaban J connectivity index is 2.12. The van der Waals surface area contributed by atoms with Crippen molar-refractivity contribution in [2.45, 2.75) is 58.2 Å². The van der Waals surface area contributed by atoms with Gasteiger partial charge in [0.15, 0.2) is 0 Å². The number of rotatable bonds is 8. The lowest BCUT2D eigenvalue weighted by molar-refractivity contribution is -0.139. The lowest BCUT2D eigenvalue weighted by atomic mass is 10.0. The molecule has 0 saturated carbocycles. The van der Waals surface area contributed by atoms with Crippen LogP contribution >= 0.6 is 0 Å². The van der Waals surface area contributed by atoms with Crippen LogP contribution in [-0.2, 0) is 17.8 Å². The molecule has 1 aromatic carbocycles. The van der Waals surface area contributed by atoms with E-state index in [2.05, 4.69) is 12.2 Å². The molecule has 0 bridgehead atoms. The maximum atomic E-state index is 11.3. The second-order valence-electron chi connectivity index (χ2n) is 5.82. The number of methoxy groups -OCH3 is 1. The quantitative estimate of drug-likeness (QED) is 0.773. The fourth-order valence-electron chi connectivity index (χ4n) is 2.78. The highest BCUT2D eigenvalue weighted by molar-refractivity contribution is 5.73. The van der Waals surface area contributed by atoms with E-state index in [1.807, 2.05) is 19.1 Å². The highest BCUT2D eigenvalue weighted by Crippen LogP contribution is 2.36. The van der Waals surface area contributed by atoms with Gasteiger partial charge in [-0.3, -0.25) is 4.79 Å². The van der Waals surface area contributed by atoms with Gasteiger partial charge >= 0.3 is 5.97 Å². The zero-order valence-corrected chi connectivity index (χ0v) is 13.5. The molecule has 1 aromatic rings. The fourth-order valence-corrected chi connectivity index (χ4v) is 2.78. The molecule has 1 aliphatic heterocycles. The minimum absolute atomic E-state index is 0.149. The summed E-state index contributed by atoms with van der Waals surface area (Å²) in [7, 11) is 1.64. The Morgan fingerprint density at radius 1 is 1.55 bits per heavy atom. The molecule has 0 saturated heterocycles. The van der Waals surface area contributed by atoms with Gasteiger partial charge in [0.2, 0.25) is 0 Å². The molecule has 0 fully saturated rings. The fraction of sp³-hybridized carbons (Fsp3) is 0.588. The van der Waals surface area contributed by atoms with Crippen LogP contribution in [0.5, 0.6) is 11.5 Å². The Morgan fingerprint density at radius 3 is 2.95 bits per heavy atom. The number of hydrogen-bond donors (Lipinski definition) is 2. The zero-order valence-electron chi connectivity index (χ0n) is 13.5. The van der Waals surface area contributed by atoms with Crippen molar-refractivity contribution >= 4 is 5.97 Å². The minimum Gasteiger partial charge on any atom is -0.497 e. The van der Waals surface area contributed by atoms with Crippen LogP contribution in [0.15, 0.2) is 12.1 Å². The number of benzene rings is 1. The van der Waals surface area contributed by atoms with E-state index in [4.69, 9.17) is 9.47 Å².